The Hall–Kier alpha value is -0.0500. The van der Waals surface area contributed by atoms with Crippen molar-refractivity contribution in [3.63, 3.8) is 0 Å². The number of unbranched alkanes of at least 4 members (excludes halogenated alkanes) is 13. The van der Waals surface area contributed by atoms with E-state index in [-0.39, 0.29) is 12.1 Å². The van der Waals surface area contributed by atoms with Crippen molar-refractivity contribution in [1.29, 1.82) is 0 Å². The molecule has 1 atom stereocenters. The first-order valence-corrected chi connectivity index (χ1v) is 12.1. The van der Waals surface area contributed by atoms with E-state index in [0.717, 1.165) is 31.0 Å². The van der Waals surface area contributed by atoms with Gasteiger partial charge in [-0.25, -0.2) is 0 Å². The van der Waals surface area contributed by atoms with Gasteiger partial charge in [0.1, 0.15) is 0 Å². The zero-order valence-electron chi connectivity index (χ0n) is 17.0. The lowest BCUT2D eigenvalue weighted by atomic mass is 10.0. The van der Waals surface area contributed by atoms with Crippen LogP contribution in [-0.4, -0.2) is 17.4 Å². The molecule has 0 aromatic rings. The predicted molar refractivity (Wildman–Crippen MR) is 114 cm³/mol. The van der Waals surface area contributed by atoms with Crippen LogP contribution in [-0.2, 0) is 9.53 Å². The number of esters is 1. The molecule has 25 heavy (non-hydrogen) atoms. The van der Waals surface area contributed by atoms with Crippen molar-refractivity contribution in [3.05, 3.63) is 0 Å². The van der Waals surface area contributed by atoms with E-state index < -0.39 is 0 Å². The van der Waals surface area contributed by atoms with E-state index in [1.165, 1.54) is 77.0 Å². The molecule has 0 aliphatic carbocycles. The van der Waals surface area contributed by atoms with Gasteiger partial charge in [-0.15, -0.1) is 0 Å². The van der Waals surface area contributed by atoms with Crippen LogP contribution in [0.4, 0.5) is 0 Å². The molecule has 2 nitrogen and oxygen atoms in total. The van der Waals surface area contributed by atoms with Gasteiger partial charge in [0, 0.05) is 11.8 Å². The number of halogens is 1. The van der Waals surface area contributed by atoms with Crippen molar-refractivity contribution in [2.24, 2.45) is 0 Å². The molecule has 0 bridgehead atoms. The molecule has 1 unspecified atom stereocenters. The van der Waals surface area contributed by atoms with Crippen molar-refractivity contribution in [2.45, 2.75) is 129 Å². The number of rotatable bonds is 19. The summed E-state index contributed by atoms with van der Waals surface area (Å²) in [6.45, 7) is 4.31. The van der Waals surface area contributed by atoms with E-state index in [2.05, 4.69) is 22.9 Å². The lowest BCUT2D eigenvalue weighted by Gasteiger charge is -2.13. The quantitative estimate of drug-likeness (QED) is 0.121. The van der Waals surface area contributed by atoms with E-state index in [1.807, 2.05) is 6.92 Å². The van der Waals surface area contributed by atoms with Gasteiger partial charge in [-0.1, -0.05) is 99.9 Å². The summed E-state index contributed by atoms with van der Waals surface area (Å²) in [5.41, 5.74) is 0. The Kier molecular flexibility index (Phi) is 20.2. The van der Waals surface area contributed by atoms with E-state index in [9.17, 15) is 4.79 Å². The van der Waals surface area contributed by atoms with Gasteiger partial charge in [0.2, 0.25) is 0 Å². The van der Waals surface area contributed by atoms with Gasteiger partial charge in [-0.2, -0.15) is 0 Å². The van der Waals surface area contributed by atoms with Crippen LogP contribution in [0.1, 0.15) is 123 Å². The lowest BCUT2D eigenvalue weighted by molar-refractivity contribution is -0.148. The first-order chi connectivity index (χ1) is 12.2. The first kappa shape index (κ1) is 24.9. The molecule has 0 saturated carbocycles. The van der Waals surface area contributed by atoms with Gasteiger partial charge in [-0.3, -0.25) is 4.79 Å². The smallest absolute Gasteiger partial charge is 0.306 e. The van der Waals surface area contributed by atoms with E-state index in [1.54, 1.807) is 0 Å². The lowest BCUT2D eigenvalue weighted by Crippen LogP contribution is -2.14. The van der Waals surface area contributed by atoms with Gasteiger partial charge in [0.25, 0.3) is 0 Å². The fraction of sp³-hybridized carbons (Fsp3) is 0.955. The van der Waals surface area contributed by atoms with Crippen LogP contribution in [0.15, 0.2) is 0 Å². The second-order valence-corrected chi connectivity index (χ2v) is 8.27. The summed E-state index contributed by atoms with van der Waals surface area (Å²) in [6.07, 6.45) is 21.3. The minimum atomic E-state index is -0.0130. The second-order valence-electron chi connectivity index (χ2n) is 7.48. The molecule has 150 valence electrons. The van der Waals surface area contributed by atoms with Crippen molar-refractivity contribution < 1.29 is 9.53 Å². The highest BCUT2D eigenvalue weighted by Gasteiger charge is 2.08. The van der Waals surface area contributed by atoms with E-state index in [0.29, 0.717) is 6.42 Å². The summed E-state index contributed by atoms with van der Waals surface area (Å²) in [4.78, 5) is 11.7. The number of carbonyl (C=O) groups excluding carboxylic acids is 1. The van der Waals surface area contributed by atoms with Crippen molar-refractivity contribution in [2.75, 3.05) is 5.33 Å². The Bertz CT molecular complexity index is 281. The summed E-state index contributed by atoms with van der Waals surface area (Å²) in [6, 6.07) is 0. The summed E-state index contributed by atoms with van der Waals surface area (Å²) in [5.74, 6) is -0.0130. The monoisotopic (exact) mass is 418 g/mol. The largest absolute Gasteiger partial charge is 0.463 e. The van der Waals surface area contributed by atoms with Crippen molar-refractivity contribution in [1.82, 2.24) is 0 Å². The van der Waals surface area contributed by atoms with Crippen molar-refractivity contribution >= 4 is 21.9 Å². The molecule has 0 heterocycles. The fourth-order valence-electron chi connectivity index (χ4n) is 3.16. The van der Waals surface area contributed by atoms with Crippen LogP contribution in [0.25, 0.3) is 0 Å². The third-order valence-electron chi connectivity index (χ3n) is 4.81. The number of carbonyl (C=O) groups is 1. The van der Waals surface area contributed by atoms with E-state index in [4.69, 9.17) is 4.74 Å². The van der Waals surface area contributed by atoms with Gasteiger partial charge in [0.05, 0.1) is 6.10 Å². The maximum absolute atomic E-state index is 11.7. The van der Waals surface area contributed by atoms with Gasteiger partial charge in [-0.05, 0) is 32.6 Å². The number of alkyl halides is 1. The topological polar surface area (TPSA) is 26.3 Å². The van der Waals surface area contributed by atoms with E-state index >= 15 is 0 Å². The minimum absolute atomic E-state index is 0.0130. The molecule has 0 spiro atoms. The highest BCUT2D eigenvalue weighted by atomic mass is 79.9. The van der Waals surface area contributed by atoms with Crippen LogP contribution in [0.5, 0.6) is 0 Å². The third-order valence-corrected chi connectivity index (χ3v) is 5.37. The number of hydrogen-bond acceptors (Lipinski definition) is 2. The van der Waals surface area contributed by atoms with Crippen LogP contribution in [0.3, 0.4) is 0 Å². The number of ether oxygens (including phenoxy) is 1. The van der Waals surface area contributed by atoms with Gasteiger partial charge < -0.3 is 4.74 Å². The molecule has 0 amide bonds. The average molecular weight is 419 g/mol. The molecule has 0 fully saturated rings. The van der Waals surface area contributed by atoms with Gasteiger partial charge >= 0.3 is 5.97 Å². The minimum Gasteiger partial charge on any atom is -0.463 e. The van der Waals surface area contributed by atoms with Gasteiger partial charge in [0.15, 0.2) is 0 Å². The zero-order valence-corrected chi connectivity index (χ0v) is 18.6. The molecule has 0 saturated heterocycles. The maximum atomic E-state index is 11.7. The Morgan fingerprint density at radius 1 is 0.760 bits per heavy atom. The maximum Gasteiger partial charge on any atom is 0.306 e. The zero-order chi connectivity index (χ0) is 18.6. The molecule has 0 aliphatic rings. The molecule has 0 N–H and O–H groups in total. The standard InChI is InChI=1S/C22H43BrO2/c1-3-4-5-6-7-8-9-10-11-12-13-15-18-21(2)25-22(24)19-16-14-17-20-23/h21H,3-20H2,1-2H3. The average Bonchev–Trinajstić information content (AvgIpc) is 2.59. The predicted octanol–water partition coefficient (Wildman–Crippen LogP) is 7.96. The Labute approximate surface area is 166 Å². The molecule has 0 radical (unpaired) electrons. The molecule has 3 heteroatoms. The number of hydrogen-bond donors (Lipinski definition) is 0. The normalized spacial score (nSPS) is 12.3. The van der Waals surface area contributed by atoms with Crippen LogP contribution < -0.4 is 0 Å². The molecule has 0 rings (SSSR count). The van der Waals surface area contributed by atoms with Crippen LogP contribution in [0.2, 0.25) is 0 Å². The van der Waals surface area contributed by atoms with Crippen LogP contribution in [0, 0.1) is 0 Å². The third kappa shape index (κ3) is 20.1. The summed E-state index contributed by atoms with van der Waals surface area (Å²) >= 11 is 3.41. The van der Waals surface area contributed by atoms with Crippen LogP contribution >= 0.6 is 15.9 Å². The highest BCUT2D eigenvalue weighted by Crippen LogP contribution is 2.14. The Morgan fingerprint density at radius 2 is 1.24 bits per heavy atom. The Balaban J connectivity index is 3.26. The molecule has 0 aliphatic heterocycles. The SMILES string of the molecule is CCCCCCCCCCCCCCC(C)OC(=O)CCCCCBr. The highest BCUT2D eigenvalue weighted by molar-refractivity contribution is 9.09. The molecular formula is C22H43BrO2. The molecular weight excluding hydrogens is 376 g/mol. The first-order valence-electron chi connectivity index (χ1n) is 11.0. The fourth-order valence-corrected chi connectivity index (χ4v) is 3.55. The summed E-state index contributed by atoms with van der Waals surface area (Å²) < 4.78 is 5.48. The Morgan fingerprint density at radius 3 is 1.76 bits per heavy atom. The molecule has 0 aromatic carbocycles. The molecule has 0 aromatic heterocycles. The van der Waals surface area contributed by atoms with Crippen molar-refractivity contribution in [3.8, 4) is 0 Å². The summed E-state index contributed by atoms with van der Waals surface area (Å²) in [7, 11) is 0. The second kappa shape index (κ2) is 20.3. The summed E-state index contributed by atoms with van der Waals surface area (Å²) in [5, 5.41) is 1.03.